The van der Waals surface area contributed by atoms with E-state index >= 15 is 0 Å². The summed E-state index contributed by atoms with van der Waals surface area (Å²) in [5, 5.41) is 9.21. The number of nitrogens with zero attached hydrogens (tertiary/aromatic N) is 5. The molecule has 9 heteroatoms. The van der Waals surface area contributed by atoms with Crippen LogP contribution in [0.15, 0.2) is 42.6 Å². The van der Waals surface area contributed by atoms with Crippen LogP contribution in [-0.2, 0) is 0 Å². The van der Waals surface area contributed by atoms with Crippen LogP contribution in [0.3, 0.4) is 0 Å². The summed E-state index contributed by atoms with van der Waals surface area (Å²) in [6.07, 6.45) is 0.934. The SMILES string of the molecule is COc1cc2nc(-c3nnc4ccc([C@H](C)N5CC(F)[C@H](N)C5)cn34)ccc2cc1F. The van der Waals surface area contributed by atoms with E-state index in [9.17, 15) is 8.78 Å². The molecule has 31 heavy (non-hydrogen) atoms. The van der Waals surface area contributed by atoms with Crippen LogP contribution < -0.4 is 10.5 Å². The molecule has 4 heterocycles. The maximum absolute atomic E-state index is 14.0. The quantitative estimate of drug-likeness (QED) is 0.542. The maximum atomic E-state index is 14.0. The van der Waals surface area contributed by atoms with Gasteiger partial charge in [-0.3, -0.25) is 9.30 Å². The molecular weight excluding hydrogens is 402 g/mol. The van der Waals surface area contributed by atoms with E-state index in [0.717, 1.165) is 5.56 Å². The molecule has 2 N–H and O–H groups in total. The molecule has 1 fully saturated rings. The first-order valence-corrected chi connectivity index (χ1v) is 10.1. The highest BCUT2D eigenvalue weighted by Gasteiger charge is 2.33. The first kappa shape index (κ1) is 19.8. The Hall–Kier alpha value is -3.17. The summed E-state index contributed by atoms with van der Waals surface area (Å²) in [6.45, 7) is 2.87. The zero-order valence-electron chi connectivity index (χ0n) is 17.2. The molecule has 4 aromatic rings. The van der Waals surface area contributed by atoms with Crippen LogP contribution in [0.4, 0.5) is 8.78 Å². The molecule has 1 aliphatic heterocycles. The van der Waals surface area contributed by atoms with Crippen LogP contribution in [0.2, 0.25) is 0 Å². The minimum atomic E-state index is -1.01. The zero-order valence-corrected chi connectivity index (χ0v) is 17.2. The van der Waals surface area contributed by atoms with Gasteiger partial charge in [-0.2, -0.15) is 0 Å². The van der Waals surface area contributed by atoms with Crippen LogP contribution in [0.25, 0.3) is 28.1 Å². The van der Waals surface area contributed by atoms with Crippen molar-refractivity contribution in [3.05, 3.63) is 54.0 Å². The van der Waals surface area contributed by atoms with Crippen molar-refractivity contribution in [3.8, 4) is 17.3 Å². The zero-order chi connectivity index (χ0) is 21.7. The number of likely N-dealkylation sites (tertiary alicyclic amines) is 1. The van der Waals surface area contributed by atoms with Gasteiger partial charge in [-0.25, -0.2) is 13.8 Å². The van der Waals surface area contributed by atoms with Crippen LogP contribution >= 0.6 is 0 Å². The van der Waals surface area contributed by atoms with Crippen molar-refractivity contribution in [2.45, 2.75) is 25.2 Å². The molecule has 1 saturated heterocycles. The Morgan fingerprint density at radius 1 is 1.16 bits per heavy atom. The van der Waals surface area contributed by atoms with E-state index in [2.05, 4.69) is 15.2 Å². The fourth-order valence-corrected chi connectivity index (χ4v) is 4.08. The molecule has 3 atom stereocenters. The Morgan fingerprint density at radius 2 is 2.00 bits per heavy atom. The summed E-state index contributed by atoms with van der Waals surface area (Å²) in [6, 6.07) is 9.92. The van der Waals surface area contributed by atoms with Crippen LogP contribution in [0.1, 0.15) is 18.5 Å². The molecule has 5 rings (SSSR count). The molecule has 160 valence electrons. The number of pyridine rings is 2. The van der Waals surface area contributed by atoms with E-state index in [-0.39, 0.29) is 11.8 Å². The van der Waals surface area contributed by atoms with E-state index in [1.165, 1.54) is 13.2 Å². The lowest BCUT2D eigenvalue weighted by Crippen LogP contribution is -2.31. The van der Waals surface area contributed by atoms with Gasteiger partial charge in [-0.1, -0.05) is 12.1 Å². The summed E-state index contributed by atoms with van der Waals surface area (Å²) in [5.41, 5.74) is 8.72. The Balaban J connectivity index is 1.54. The molecular formula is C22H22F2N6O. The van der Waals surface area contributed by atoms with Crippen LogP contribution in [-0.4, -0.2) is 56.9 Å². The smallest absolute Gasteiger partial charge is 0.187 e. The monoisotopic (exact) mass is 424 g/mol. The number of ether oxygens (including phenoxy) is 1. The third-order valence-electron chi connectivity index (χ3n) is 5.97. The molecule has 0 radical (unpaired) electrons. The lowest BCUT2D eigenvalue weighted by Gasteiger charge is -2.24. The van der Waals surface area contributed by atoms with Crippen molar-refractivity contribution in [3.63, 3.8) is 0 Å². The Morgan fingerprint density at radius 3 is 2.74 bits per heavy atom. The second-order valence-corrected chi connectivity index (χ2v) is 7.90. The van der Waals surface area contributed by atoms with Gasteiger partial charge >= 0.3 is 0 Å². The van der Waals surface area contributed by atoms with Gasteiger partial charge in [0.2, 0.25) is 0 Å². The number of aromatic nitrogens is 4. The molecule has 1 unspecified atom stereocenters. The third kappa shape index (κ3) is 3.39. The molecule has 0 amide bonds. The molecule has 0 aliphatic carbocycles. The highest BCUT2D eigenvalue weighted by atomic mass is 19.1. The summed E-state index contributed by atoms with van der Waals surface area (Å²) in [5.74, 6) is 0.262. The van der Waals surface area contributed by atoms with Gasteiger partial charge in [-0.15, -0.1) is 10.2 Å². The second-order valence-electron chi connectivity index (χ2n) is 7.90. The predicted octanol–water partition coefficient (Wildman–Crippen LogP) is 3.13. The molecule has 1 aliphatic rings. The average Bonchev–Trinajstić information content (AvgIpc) is 3.35. The maximum Gasteiger partial charge on any atom is 0.187 e. The molecule has 0 saturated carbocycles. The van der Waals surface area contributed by atoms with Crippen molar-refractivity contribution in [2.24, 2.45) is 5.73 Å². The number of hydrogen-bond donors (Lipinski definition) is 1. The Labute approximate surface area is 177 Å². The number of fused-ring (bicyclic) bond motifs is 2. The van der Waals surface area contributed by atoms with Gasteiger partial charge in [0.05, 0.1) is 12.6 Å². The number of rotatable bonds is 4. The Bertz CT molecular complexity index is 1270. The molecule has 0 bridgehead atoms. The fourth-order valence-electron chi connectivity index (χ4n) is 4.08. The van der Waals surface area contributed by atoms with E-state index < -0.39 is 18.0 Å². The topological polar surface area (TPSA) is 81.6 Å². The molecule has 7 nitrogen and oxygen atoms in total. The molecule has 0 spiro atoms. The minimum Gasteiger partial charge on any atom is -0.494 e. The van der Waals surface area contributed by atoms with Gasteiger partial charge in [0, 0.05) is 42.8 Å². The number of halogens is 2. The van der Waals surface area contributed by atoms with E-state index in [1.54, 1.807) is 18.2 Å². The number of alkyl halides is 1. The van der Waals surface area contributed by atoms with Gasteiger partial charge in [-0.05, 0) is 30.7 Å². The summed E-state index contributed by atoms with van der Waals surface area (Å²) >= 11 is 0. The predicted molar refractivity (Wildman–Crippen MR) is 113 cm³/mol. The van der Waals surface area contributed by atoms with Gasteiger partial charge in [0.15, 0.2) is 23.0 Å². The second kappa shape index (κ2) is 7.51. The first-order valence-electron chi connectivity index (χ1n) is 10.1. The summed E-state index contributed by atoms with van der Waals surface area (Å²) in [7, 11) is 1.42. The van der Waals surface area contributed by atoms with Gasteiger partial charge in [0.1, 0.15) is 11.9 Å². The number of methoxy groups -OCH3 is 1. The largest absolute Gasteiger partial charge is 0.494 e. The lowest BCUT2D eigenvalue weighted by molar-refractivity contribution is 0.235. The van der Waals surface area contributed by atoms with E-state index in [0.29, 0.717) is 41.2 Å². The highest BCUT2D eigenvalue weighted by Crippen LogP contribution is 2.29. The van der Waals surface area contributed by atoms with Crippen molar-refractivity contribution < 1.29 is 13.5 Å². The van der Waals surface area contributed by atoms with E-state index in [1.807, 2.05) is 34.6 Å². The van der Waals surface area contributed by atoms with Crippen molar-refractivity contribution in [1.82, 2.24) is 24.5 Å². The van der Waals surface area contributed by atoms with Gasteiger partial charge in [0.25, 0.3) is 0 Å². The number of benzene rings is 1. The fraction of sp³-hybridized carbons (Fsp3) is 0.318. The number of nitrogens with two attached hydrogens (primary N) is 1. The standard InChI is InChI=1S/C22H22F2N6O/c1-12(29-10-16(24)17(25)11-29)14-4-6-21-27-28-22(30(21)9-14)18-5-3-13-7-15(23)20(31-2)8-19(13)26-18/h3-9,12,16-17H,10-11,25H2,1-2H3/t12-,16?,17+/m0/s1. The average molecular weight is 424 g/mol. The highest BCUT2D eigenvalue weighted by molar-refractivity contribution is 5.82. The van der Waals surface area contributed by atoms with Crippen molar-refractivity contribution >= 4 is 16.6 Å². The van der Waals surface area contributed by atoms with Crippen LogP contribution in [0.5, 0.6) is 5.75 Å². The first-order chi connectivity index (χ1) is 14.9. The van der Waals surface area contributed by atoms with Crippen LogP contribution in [0, 0.1) is 5.82 Å². The van der Waals surface area contributed by atoms with Gasteiger partial charge < -0.3 is 10.5 Å². The summed E-state index contributed by atoms with van der Waals surface area (Å²) in [4.78, 5) is 6.68. The molecule has 1 aromatic carbocycles. The minimum absolute atomic E-state index is 0.0109. The van der Waals surface area contributed by atoms with Crippen molar-refractivity contribution in [1.29, 1.82) is 0 Å². The lowest BCUT2D eigenvalue weighted by atomic mass is 10.1. The summed E-state index contributed by atoms with van der Waals surface area (Å²) < 4.78 is 34.8. The van der Waals surface area contributed by atoms with E-state index in [4.69, 9.17) is 10.5 Å². The molecule has 3 aromatic heterocycles. The number of hydrogen-bond acceptors (Lipinski definition) is 6. The Kier molecular flexibility index (Phi) is 4.79. The third-order valence-corrected chi connectivity index (χ3v) is 5.97. The normalized spacial score (nSPS) is 20.5. The van der Waals surface area contributed by atoms with Crippen molar-refractivity contribution in [2.75, 3.05) is 20.2 Å².